The molecule has 7 heteroatoms. The van der Waals surface area contributed by atoms with Gasteiger partial charge in [-0.1, -0.05) is 109 Å². The van der Waals surface area contributed by atoms with Crippen molar-refractivity contribution in [3.8, 4) is 11.5 Å². The van der Waals surface area contributed by atoms with Gasteiger partial charge in [-0.2, -0.15) is 13.2 Å². The van der Waals surface area contributed by atoms with Crippen molar-refractivity contribution in [2.24, 2.45) is 0 Å². The van der Waals surface area contributed by atoms with Crippen molar-refractivity contribution in [3.63, 3.8) is 0 Å². The summed E-state index contributed by atoms with van der Waals surface area (Å²) in [6, 6.07) is 32.1. The van der Waals surface area contributed by atoms with E-state index in [-0.39, 0.29) is 30.9 Å². The van der Waals surface area contributed by atoms with Gasteiger partial charge in [0.1, 0.15) is 11.5 Å². The molecule has 0 aromatic heterocycles. The molecule has 0 fully saturated rings. The highest BCUT2D eigenvalue weighted by Gasteiger charge is 2.62. The molecule has 0 bridgehead atoms. The lowest BCUT2D eigenvalue weighted by Gasteiger charge is -2.51. The lowest BCUT2D eigenvalue weighted by molar-refractivity contribution is -0.220. The van der Waals surface area contributed by atoms with E-state index in [9.17, 15) is 5.11 Å². The minimum absolute atomic E-state index is 0.0446. The number of phenols is 1. The minimum atomic E-state index is -4.83. The third kappa shape index (κ3) is 5.52. The number of halogens is 4. The van der Waals surface area contributed by atoms with E-state index in [4.69, 9.17) is 16.3 Å². The summed E-state index contributed by atoms with van der Waals surface area (Å²) in [4.78, 5) is -1.52. The molecule has 0 saturated carbocycles. The van der Waals surface area contributed by atoms with Crippen LogP contribution in [0.3, 0.4) is 0 Å². The van der Waals surface area contributed by atoms with Gasteiger partial charge in [-0.3, -0.25) is 4.90 Å². The predicted molar refractivity (Wildman–Crippen MR) is 144 cm³/mol. The number of phenolic OH excluding ortho intramolecular Hbond substituents is 1. The molecule has 0 radical (unpaired) electrons. The molecule has 1 unspecified atom stereocenters. The van der Waals surface area contributed by atoms with Gasteiger partial charge in [0, 0.05) is 12.6 Å². The first kappa shape index (κ1) is 27.6. The van der Waals surface area contributed by atoms with Crippen molar-refractivity contribution in [3.05, 3.63) is 132 Å². The fraction of sp³-hybridized carbons (Fsp3) is 0.226. The Morgan fingerprint density at radius 3 is 1.71 bits per heavy atom. The normalized spacial score (nSPS) is 13.7. The van der Waals surface area contributed by atoms with Crippen LogP contribution < -0.4 is 4.74 Å². The molecule has 0 heterocycles. The molecule has 3 nitrogen and oxygen atoms in total. The number of benzene rings is 4. The fourth-order valence-electron chi connectivity index (χ4n) is 4.81. The molecule has 0 amide bonds. The van der Waals surface area contributed by atoms with Crippen molar-refractivity contribution in [2.45, 2.75) is 30.1 Å². The highest BCUT2D eigenvalue weighted by atomic mass is 35.5. The van der Waals surface area contributed by atoms with Crippen LogP contribution in [0.5, 0.6) is 11.5 Å². The van der Waals surface area contributed by atoms with Crippen molar-refractivity contribution in [2.75, 3.05) is 13.2 Å². The largest absolute Gasteiger partial charge is 0.508 e. The molecule has 38 heavy (non-hydrogen) atoms. The summed E-state index contributed by atoms with van der Waals surface area (Å²) in [6.45, 7) is 1.86. The van der Waals surface area contributed by atoms with Gasteiger partial charge in [-0.05, 0) is 42.2 Å². The SMILES string of the molecule is CC(c1ccccc1)(c1ccccc1)N(CCCOc1cccc(O)c1)C(Cl)(c1ccccc1)C(F)(F)F. The Hall–Kier alpha value is -3.48. The maximum absolute atomic E-state index is 15.2. The molecule has 4 rings (SSSR count). The van der Waals surface area contributed by atoms with E-state index in [2.05, 4.69) is 0 Å². The van der Waals surface area contributed by atoms with Gasteiger partial charge in [-0.25, -0.2) is 0 Å². The number of hydrogen-bond donors (Lipinski definition) is 1. The summed E-state index contributed by atoms with van der Waals surface area (Å²) in [5.74, 6) is 0.479. The summed E-state index contributed by atoms with van der Waals surface area (Å²) in [7, 11) is 0. The molecule has 0 spiro atoms. The van der Waals surface area contributed by atoms with Crippen LogP contribution in [0.4, 0.5) is 13.2 Å². The smallest absolute Gasteiger partial charge is 0.425 e. The molecule has 4 aromatic rings. The van der Waals surface area contributed by atoms with Crippen LogP contribution >= 0.6 is 11.6 Å². The van der Waals surface area contributed by atoms with Crippen LogP contribution in [0.15, 0.2) is 115 Å². The number of hydrogen-bond acceptors (Lipinski definition) is 3. The van der Waals surface area contributed by atoms with E-state index in [0.29, 0.717) is 16.9 Å². The Bertz CT molecular complexity index is 1260. The van der Waals surface area contributed by atoms with Crippen molar-refractivity contribution in [1.82, 2.24) is 4.90 Å². The van der Waals surface area contributed by atoms with E-state index in [0.717, 1.165) is 0 Å². The van der Waals surface area contributed by atoms with Crippen LogP contribution in [0, 0.1) is 0 Å². The van der Waals surface area contributed by atoms with Gasteiger partial charge >= 0.3 is 6.18 Å². The first-order valence-electron chi connectivity index (χ1n) is 12.3. The highest BCUT2D eigenvalue weighted by molar-refractivity contribution is 6.24. The second-order valence-corrected chi connectivity index (χ2v) is 9.69. The topological polar surface area (TPSA) is 32.7 Å². The maximum atomic E-state index is 15.2. The van der Waals surface area contributed by atoms with E-state index in [1.54, 1.807) is 37.3 Å². The molecule has 198 valence electrons. The zero-order valence-electron chi connectivity index (χ0n) is 20.9. The number of ether oxygens (including phenoxy) is 1. The summed E-state index contributed by atoms with van der Waals surface area (Å²) >= 11 is 6.83. The van der Waals surface area contributed by atoms with Gasteiger partial charge in [0.2, 0.25) is 5.00 Å². The van der Waals surface area contributed by atoms with Crippen LogP contribution in [-0.2, 0) is 10.5 Å². The number of alkyl halides is 4. The second-order valence-electron chi connectivity index (χ2n) is 9.14. The fourth-order valence-corrected chi connectivity index (χ4v) is 5.19. The standard InChI is InChI=1S/C31H29ClF3NO2/c1-29(24-13-5-2-6-14-24,25-15-7-3-8-16-25)36(21-12-22-38-28-20-11-19-27(37)23-28)30(32,31(33,34)35)26-17-9-4-10-18-26/h2-11,13-20,23,37H,12,21-22H2,1H3. The molecule has 0 saturated heterocycles. The third-order valence-electron chi connectivity index (χ3n) is 6.73. The maximum Gasteiger partial charge on any atom is 0.425 e. The molecule has 1 N–H and O–H groups in total. The Labute approximate surface area is 226 Å². The van der Waals surface area contributed by atoms with Gasteiger partial charge in [0.05, 0.1) is 12.1 Å². The van der Waals surface area contributed by atoms with E-state index < -0.39 is 16.7 Å². The lowest BCUT2D eigenvalue weighted by Crippen LogP contribution is -2.60. The minimum Gasteiger partial charge on any atom is -0.508 e. The average molecular weight is 540 g/mol. The van der Waals surface area contributed by atoms with Gasteiger partial charge in [0.15, 0.2) is 0 Å². The first-order chi connectivity index (χ1) is 18.2. The Kier molecular flexibility index (Phi) is 8.34. The summed E-state index contributed by atoms with van der Waals surface area (Å²) in [5, 5.41) is 9.71. The van der Waals surface area contributed by atoms with Crippen molar-refractivity contribution in [1.29, 1.82) is 0 Å². The van der Waals surface area contributed by atoms with Gasteiger partial charge < -0.3 is 9.84 Å². The van der Waals surface area contributed by atoms with E-state index >= 15 is 13.2 Å². The van der Waals surface area contributed by atoms with Crippen LogP contribution in [-0.4, -0.2) is 29.3 Å². The zero-order valence-corrected chi connectivity index (χ0v) is 21.7. The Morgan fingerprint density at radius 1 is 0.737 bits per heavy atom. The van der Waals surface area contributed by atoms with Crippen LogP contribution in [0.1, 0.15) is 30.0 Å². The summed E-state index contributed by atoms with van der Waals surface area (Å²) in [5.41, 5.74) is 0.0115. The molecular weight excluding hydrogens is 511 g/mol. The van der Waals surface area contributed by atoms with Gasteiger partial charge in [0.25, 0.3) is 0 Å². The van der Waals surface area contributed by atoms with E-state index in [1.165, 1.54) is 29.2 Å². The summed E-state index contributed by atoms with van der Waals surface area (Å²) < 4.78 is 51.3. The molecule has 0 aliphatic rings. The van der Waals surface area contributed by atoms with Crippen molar-refractivity contribution >= 4 is 11.6 Å². The third-order valence-corrected chi connectivity index (χ3v) is 7.36. The number of rotatable bonds is 10. The second kappa shape index (κ2) is 11.5. The number of nitrogens with zero attached hydrogens (tertiary/aromatic N) is 1. The molecular formula is C31H29ClF3NO2. The Morgan fingerprint density at radius 2 is 1.24 bits per heavy atom. The number of aromatic hydroxyl groups is 1. The molecule has 0 aliphatic carbocycles. The lowest BCUT2D eigenvalue weighted by atomic mass is 9.80. The summed E-state index contributed by atoms with van der Waals surface area (Å²) in [6.07, 6.45) is -4.59. The Balaban J connectivity index is 1.83. The van der Waals surface area contributed by atoms with Gasteiger partial charge in [-0.15, -0.1) is 0 Å². The molecule has 1 atom stereocenters. The quantitative estimate of drug-likeness (QED) is 0.126. The molecule has 4 aromatic carbocycles. The van der Waals surface area contributed by atoms with Crippen LogP contribution in [0.2, 0.25) is 0 Å². The van der Waals surface area contributed by atoms with Crippen molar-refractivity contribution < 1.29 is 23.0 Å². The van der Waals surface area contributed by atoms with E-state index in [1.807, 2.05) is 60.7 Å². The monoisotopic (exact) mass is 539 g/mol. The average Bonchev–Trinajstić information content (AvgIpc) is 2.93. The zero-order chi connectivity index (χ0) is 27.2. The highest BCUT2D eigenvalue weighted by Crippen LogP contribution is 2.53. The van der Waals surface area contributed by atoms with Crippen LogP contribution in [0.25, 0.3) is 0 Å². The predicted octanol–water partition coefficient (Wildman–Crippen LogP) is 8.08. The molecule has 0 aliphatic heterocycles. The first-order valence-corrected chi connectivity index (χ1v) is 12.7.